The Balaban J connectivity index is 2.07. The molecule has 0 spiro atoms. The Bertz CT molecular complexity index is 603. The molecule has 0 saturated heterocycles. The number of hydrogen-bond acceptors (Lipinski definition) is 6. The van der Waals surface area contributed by atoms with Gasteiger partial charge in [0.1, 0.15) is 5.82 Å². The minimum atomic E-state index is -0.917. The Kier molecular flexibility index (Phi) is 4.33. The van der Waals surface area contributed by atoms with E-state index < -0.39 is 5.97 Å². The number of carbonyl (C=O) groups is 1. The molecule has 1 aromatic carbocycles. The van der Waals surface area contributed by atoms with Crippen molar-refractivity contribution in [3.05, 3.63) is 29.6 Å². The van der Waals surface area contributed by atoms with E-state index in [0.717, 1.165) is 17.3 Å². The molecule has 2 N–H and O–H groups in total. The van der Waals surface area contributed by atoms with Gasteiger partial charge < -0.3 is 10.4 Å². The maximum atomic E-state index is 13.5. The molecule has 100 valence electrons. The molecule has 0 atom stereocenters. The number of aryl methyl sites for hydroxylation is 1. The fourth-order valence-corrected chi connectivity index (χ4v) is 2.78. The molecule has 8 heteroatoms. The monoisotopic (exact) mass is 299 g/mol. The van der Waals surface area contributed by atoms with Gasteiger partial charge in [0.2, 0.25) is 5.13 Å². The fraction of sp³-hybridized carbons (Fsp3) is 0.182. The first kappa shape index (κ1) is 13.8. The minimum Gasteiger partial charge on any atom is -0.481 e. The maximum absolute atomic E-state index is 13.5. The predicted molar refractivity (Wildman–Crippen MR) is 72.7 cm³/mol. The first-order valence-corrected chi connectivity index (χ1v) is 7.06. The average molecular weight is 299 g/mol. The van der Waals surface area contributed by atoms with E-state index in [9.17, 15) is 9.18 Å². The third-order valence-corrected chi connectivity index (χ3v) is 4.05. The molecule has 0 aliphatic heterocycles. The van der Waals surface area contributed by atoms with Gasteiger partial charge in [0, 0.05) is 0 Å². The van der Waals surface area contributed by atoms with Gasteiger partial charge in [-0.1, -0.05) is 29.2 Å². The van der Waals surface area contributed by atoms with Gasteiger partial charge in [0.15, 0.2) is 4.34 Å². The number of carboxylic acids is 1. The first-order valence-electron chi connectivity index (χ1n) is 5.26. The van der Waals surface area contributed by atoms with E-state index in [1.807, 2.05) is 6.92 Å². The number of anilines is 2. The second kappa shape index (κ2) is 5.98. The van der Waals surface area contributed by atoms with Crippen LogP contribution in [-0.2, 0) is 4.79 Å². The molecule has 0 fully saturated rings. The fourth-order valence-electron chi connectivity index (χ4n) is 1.29. The number of aromatic nitrogens is 2. The molecule has 2 rings (SSSR count). The smallest absolute Gasteiger partial charge is 0.313 e. The number of hydrogen-bond donors (Lipinski definition) is 2. The number of rotatable bonds is 5. The van der Waals surface area contributed by atoms with E-state index in [1.54, 1.807) is 12.1 Å². The molecule has 0 aliphatic carbocycles. The number of nitrogens with zero attached hydrogens (tertiary/aromatic N) is 2. The Labute approximate surface area is 116 Å². The lowest BCUT2D eigenvalue weighted by Gasteiger charge is -2.04. The summed E-state index contributed by atoms with van der Waals surface area (Å²) in [5.41, 5.74) is 1.25. The number of halogens is 1. The maximum Gasteiger partial charge on any atom is 0.313 e. The molecule has 0 amide bonds. The average Bonchev–Trinajstić information content (AvgIpc) is 2.79. The highest BCUT2D eigenvalue weighted by Crippen LogP contribution is 2.28. The Hall–Kier alpha value is -1.67. The molecule has 5 nitrogen and oxygen atoms in total. The SMILES string of the molecule is Cc1ccc(F)c(Nc2nnc(SCC(=O)O)s2)c1. The van der Waals surface area contributed by atoms with Crippen molar-refractivity contribution in [2.24, 2.45) is 0 Å². The zero-order valence-electron chi connectivity index (χ0n) is 9.88. The third kappa shape index (κ3) is 3.90. The lowest BCUT2D eigenvalue weighted by Crippen LogP contribution is -1.96. The van der Waals surface area contributed by atoms with Crippen LogP contribution in [0.25, 0.3) is 0 Å². The van der Waals surface area contributed by atoms with Gasteiger partial charge in [-0.05, 0) is 24.6 Å². The van der Waals surface area contributed by atoms with Crippen molar-refractivity contribution in [2.75, 3.05) is 11.1 Å². The van der Waals surface area contributed by atoms with Gasteiger partial charge in [0.25, 0.3) is 0 Å². The summed E-state index contributed by atoms with van der Waals surface area (Å²) in [5, 5.41) is 19.5. The van der Waals surface area contributed by atoms with E-state index in [2.05, 4.69) is 15.5 Å². The van der Waals surface area contributed by atoms with Crippen LogP contribution in [0.1, 0.15) is 5.56 Å². The zero-order chi connectivity index (χ0) is 13.8. The molecule has 19 heavy (non-hydrogen) atoms. The minimum absolute atomic E-state index is 0.0760. The standard InChI is InChI=1S/C11H10FN3O2S2/c1-6-2-3-7(12)8(4-6)13-10-14-15-11(19-10)18-5-9(16)17/h2-4H,5H2,1H3,(H,13,14)(H,16,17). The summed E-state index contributed by atoms with van der Waals surface area (Å²) in [5.74, 6) is -1.37. The first-order chi connectivity index (χ1) is 9.04. The van der Waals surface area contributed by atoms with Crippen molar-refractivity contribution >= 4 is 39.9 Å². The number of benzene rings is 1. The molecule has 1 aromatic heterocycles. The summed E-state index contributed by atoms with van der Waals surface area (Å²) >= 11 is 2.26. The van der Waals surface area contributed by atoms with Crippen molar-refractivity contribution in [1.29, 1.82) is 0 Å². The van der Waals surface area contributed by atoms with Crippen molar-refractivity contribution in [3.8, 4) is 0 Å². The largest absolute Gasteiger partial charge is 0.481 e. The van der Waals surface area contributed by atoms with Crippen LogP contribution in [0.4, 0.5) is 15.2 Å². The van der Waals surface area contributed by atoms with Gasteiger partial charge >= 0.3 is 5.97 Å². The molecule has 2 aromatic rings. The molecule has 0 radical (unpaired) electrons. The predicted octanol–water partition coefficient (Wildman–Crippen LogP) is 2.91. The summed E-state index contributed by atoms with van der Waals surface area (Å²) in [6, 6.07) is 4.72. The summed E-state index contributed by atoms with van der Waals surface area (Å²) in [6.07, 6.45) is 0. The molecule has 0 bridgehead atoms. The highest BCUT2D eigenvalue weighted by molar-refractivity contribution is 8.01. The number of nitrogens with one attached hydrogen (secondary N) is 1. The van der Waals surface area contributed by atoms with Gasteiger partial charge in [0.05, 0.1) is 11.4 Å². The van der Waals surface area contributed by atoms with Crippen LogP contribution >= 0.6 is 23.1 Å². The van der Waals surface area contributed by atoms with Gasteiger partial charge in [-0.3, -0.25) is 4.79 Å². The zero-order valence-corrected chi connectivity index (χ0v) is 11.5. The molecule has 0 unspecified atom stereocenters. The van der Waals surface area contributed by atoms with Crippen LogP contribution in [0, 0.1) is 12.7 Å². The van der Waals surface area contributed by atoms with Gasteiger partial charge in [-0.25, -0.2) is 4.39 Å². The number of aliphatic carboxylic acids is 1. The van der Waals surface area contributed by atoms with Crippen LogP contribution in [0.2, 0.25) is 0 Å². The van der Waals surface area contributed by atoms with E-state index in [-0.39, 0.29) is 11.6 Å². The summed E-state index contributed by atoms with van der Waals surface area (Å²) in [7, 11) is 0. The second-order valence-electron chi connectivity index (χ2n) is 3.66. The van der Waals surface area contributed by atoms with Gasteiger partial charge in [-0.2, -0.15) is 0 Å². The van der Waals surface area contributed by atoms with E-state index in [4.69, 9.17) is 5.11 Å². The number of carboxylic acid groups (broad SMARTS) is 1. The lowest BCUT2D eigenvalue weighted by molar-refractivity contribution is -0.133. The molecule has 1 heterocycles. The molecule has 0 aliphatic rings. The van der Waals surface area contributed by atoms with Crippen molar-refractivity contribution in [2.45, 2.75) is 11.3 Å². The quantitative estimate of drug-likeness (QED) is 0.827. The van der Waals surface area contributed by atoms with E-state index in [0.29, 0.717) is 15.2 Å². The normalized spacial score (nSPS) is 10.4. The Morgan fingerprint density at radius 1 is 1.53 bits per heavy atom. The third-order valence-electron chi connectivity index (χ3n) is 2.09. The van der Waals surface area contributed by atoms with Crippen LogP contribution in [0.15, 0.2) is 22.5 Å². The van der Waals surface area contributed by atoms with Crippen molar-refractivity contribution < 1.29 is 14.3 Å². The van der Waals surface area contributed by atoms with Crippen molar-refractivity contribution in [1.82, 2.24) is 10.2 Å². The summed E-state index contributed by atoms with van der Waals surface area (Å²) in [6.45, 7) is 1.86. The highest BCUT2D eigenvalue weighted by Gasteiger charge is 2.09. The second-order valence-corrected chi connectivity index (χ2v) is 5.86. The highest BCUT2D eigenvalue weighted by atomic mass is 32.2. The van der Waals surface area contributed by atoms with Crippen LogP contribution < -0.4 is 5.32 Å². The van der Waals surface area contributed by atoms with E-state index in [1.165, 1.54) is 17.4 Å². The number of thioether (sulfide) groups is 1. The Morgan fingerprint density at radius 2 is 2.32 bits per heavy atom. The van der Waals surface area contributed by atoms with Gasteiger partial charge in [-0.15, -0.1) is 10.2 Å². The van der Waals surface area contributed by atoms with Crippen LogP contribution in [0.5, 0.6) is 0 Å². The lowest BCUT2D eigenvalue weighted by atomic mass is 10.2. The molecular formula is C11H10FN3O2S2. The summed E-state index contributed by atoms with van der Waals surface area (Å²) in [4.78, 5) is 10.4. The van der Waals surface area contributed by atoms with E-state index >= 15 is 0 Å². The van der Waals surface area contributed by atoms with Crippen molar-refractivity contribution in [3.63, 3.8) is 0 Å². The molecule has 0 saturated carbocycles. The summed E-state index contributed by atoms with van der Waals surface area (Å²) < 4.78 is 14.1. The topological polar surface area (TPSA) is 75.1 Å². The van der Waals surface area contributed by atoms with Crippen LogP contribution in [-0.4, -0.2) is 27.0 Å². The van der Waals surface area contributed by atoms with Crippen LogP contribution in [0.3, 0.4) is 0 Å². The molecular weight excluding hydrogens is 289 g/mol. The Morgan fingerprint density at radius 3 is 3.05 bits per heavy atom.